The van der Waals surface area contributed by atoms with E-state index in [-0.39, 0.29) is 18.4 Å². The van der Waals surface area contributed by atoms with Crippen molar-refractivity contribution >= 4 is 46.2 Å². The predicted octanol–water partition coefficient (Wildman–Crippen LogP) is 3.19. The van der Waals surface area contributed by atoms with Crippen molar-refractivity contribution in [1.82, 2.24) is 0 Å². The monoisotopic (exact) mass is 402 g/mol. The number of carbonyl (C=O) groups excluding carboxylic acids is 2. The second-order valence-corrected chi connectivity index (χ2v) is 6.83. The molecule has 1 saturated heterocycles. The summed E-state index contributed by atoms with van der Waals surface area (Å²) in [6.45, 7) is 4.68. The van der Waals surface area contributed by atoms with Gasteiger partial charge in [0.1, 0.15) is 0 Å². The van der Waals surface area contributed by atoms with Crippen LogP contribution in [0.4, 0.5) is 22.7 Å². The maximum atomic E-state index is 12.2. The van der Waals surface area contributed by atoms with Gasteiger partial charge in [0.05, 0.1) is 30.5 Å². The van der Waals surface area contributed by atoms with Crippen molar-refractivity contribution in [3.63, 3.8) is 0 Å². The Morgan fingerprint density at radius 2 is 1.71 bits per heavy atom. The highest BCUT2D eigenvalue weighted by atomic mass is 35.5. The average Bonchev–Trinajstić information content (AvgIpc) is 2.69. The minimum atomic E-state index is -0.194. The maximum Gasteiger partial charge on any atom is 0.243 e. The quantitative estimate of drug-likeness (QED) is 0.691. The van der Waals surface area contributed by atoms with Crippen LogP contribution in [0.3, 0.4) is 0 Å². The third-order valence-corrected chi connectivity index (χ3v) is 4.58. The minimum Gasteiger partial charge on any atom is -0.378 e. The summed E-state index contributed by atoms with van der Waals surface area (Å²) in [6.07, 6.45) is 0. The van der Waals surface area contributed by atoms with E-state index in [0.29, 0.717) is 16.4 Å². The SMILES string of the molecule is CC(=O)Nc1ccc(Cl)c(NCC(=O)Nc2ccc(N3CCOCC3)cc2)c1. The number of halogens is 1. The Kier molecular flexibility index (Phi) is 6.73. The first kappa shape index (κ1) is 20.0. The van der Waals surface area contributed by atoms with Gasteiger partial charge in [-0.1, -0.05) is 11.6 Å². The molecule has 1 aliphatic rings. The van der Waals surface area contributed by atoms with Crippen LogP contribution in [0, 0.1) is 0 Å². The fourth-order valence-corrected chi connectivity index (χ4v) is 3.08. The molecule has 148 valence electrons. The van der Waals surface area contributed by atoms with Gasteiger partial charge in [-0.3, -0.25) is 9.59 Å². The number of ether oxygens (including phenoxy) is 1. The molecule has 0 saturated carbocycles. The van der Waals surface area contributed by atoms with Crippen molar-refractivity contribution in [3.05, 3.63) is 47.5 Å². The molecule has 7 nitrogen and oxygen atoms in total. The molecule has 1 fully saturated rings. The molecule has 8 heteroatoms. The van der Waals surface area contributed by atoms with Gasteiger partial charge in [0.15, 0.2) is 0 Å². The third kappa shape index (κ3) is 5.61. The zero-order valence-corrected chi connectivity index (χ0v) is 16.4. The standard InChI is InChI=1S/C20H23ClN4O3/c1-14(26)23-16-4-7-18(21)19(12-16)22-13-20(27)24-15-2-5-17(6-3-15)25-8-10-28-11-9-25/h2-7,12,22H,8-11,13H2,1H3,(H,23,26)(H,24,27). The van der Waals surface area contributed by atoms with Crippen LogP contribution in [0.5, 0.6) is 0 Å². The van der Waals surface area contributed by atoms with Gasteiger partial charge in [0, 0.05) is 37.1 Å². The molecule has 2 amide bonds. The summed E-state index contributed by atoms with van der Waals surface area (Å²) in [5.74, 6) is -0.369. The van der Waals surface area contributed by atoms with Crippen LogP contribution in [0.25, 0.3) is 0 Å². The summed E-state index contributed by atoms with van der Waals surface area (Å²) in [5.41, 5.74) is 3.02. The Morgan fingerprint density at radius 1 is 1.04 bits per heavy atom. The van der Waals surface area contributed by atoms with Gasteiger partial charge in [0.25, 0.3) is 0 Å². The molecule has 0 bridgehead atoms. The van der Waals surface area contributed by atoms with Gasteiger partial charge < -0.3 is 25.6 Å². The van der Waals surface area contributed by atoms with E-state index in [9.17, 15) is 9.59 Å². The highest BCUT2D eigenvalue weighted by Crippen LogP contribution is 2.25. The Hall–Kier alpha value is -2.77. The molecule has 28 heavy (non-hydrogen) atoms. The largest absolute Gasteiger partial charge is 0.378 e. The molecule has 1 aliphatic heterocycles. The lowest BCUT2D eigenvalue weighted by molar-refractivity contribution is -0.115. The van der Waals surface area contributed by atoms with E-state index in [1.807, 2.05) is 24.3 Å². The van der Waals surface area contributed by atoms with Gasteiger partial charge in [0.2, 0.25) is 11.8 Å². The van der Waals surface area contributed by atoms with Crippen LogP contribution in [0.15, 0.2) is 42.5 Å². The van der Waals surface area contributed by atoms with E-state index in [1.54, 1.807) is 18.2 Å². The molecular weight excluding hydrogens is 380 g/mol. The Morgan fingerprint density at radius 3 is 2.39 bits per heavy atom. The number of nitrogens with zero attached hydrogens (tertiary/aromatic N) is 1. The molecule has 0 atom stereocenters. The number of amides is 2. The lowest BCUT2D eigenvalue weighted by Crippen LogP contribution is -2.36. The Bertz CT molecular complexity index is 836. The fourth-order valence-electron chi connectivity index (χ4n) is 2.90. The summed E-state index contributed by atoms with van der Waals surface area (Å²) >= 11 is 6.15. The van der Waals surface area contributed by atoms with E-state index in [1.165, 1.54) is 6.92 Å². The molecule has 0 spiro atoms. The van der Waals surface area contributed by atoms with E-state index in [2.05, 4.69) is 20.9 Å². The molecule has 2 aromatic carbocycles. The van der Waals surface area contributed by atoms with E-state index in [0.717, 1.165) is 37.7 Å². The van der Waals surface area contributed by atoms with Crippen LogP contribution in [0.1, 0.15) is 6.92 Å². The van der Waals surface area contributed by atoms with Gasteiger partial charge >= 0.3 is 0 Å². The molecule has 0 aromatic heterocycles. The second-order valence-electron chi connectivity index (χ2n) is 6.42. The average molecular weight is 403 g/mol. The highest BCUT2D eigenvalue weighted by molar-refractivity contribution is 6.33. The van der Waals surface area contributed by atoms with Gasteiger partial charge in [-0.2, -0.15) is 0 Å². The topological polar surface area (TPSA) is 82.7 Å². The van der Waals surface area contributed by atoms with Gasteiger partial charge in [-0.25, -0.2) is 0 Å². The Balaban J connectivity index is 1.53. The van der Waals surface area contributed by atoms with Gasteiger partial charge in [-0.05, 0) is 42.5 Å². The molecule has 2 aromatic rings. The van der Waals surface area contributed by atoms with E-state index >= 15 is 0 Å². The first-order chi connectivity index (χ1) is 13.5. The predicted molar refractivity (Wildman–Crippen MR) is 112 cm³/mol. The van der Waals surface area contributed by atoms with E-state index in [4.69, 9.17) is 16.3 Å². The van der Waals surface area contributed by atoms with Gasteiger partial charge in [-0.15, -0.1) is 0 Å². The van der Waals surface area contributed by atoms with Crippen LogP contribution < -0.4 is 20.9 Å². The number of nitrogens with one attached hydrogen (secondary N) is 3. The second kappa shape index (κ2) is 9.43. The number of hydrogen-bond donors (Lipinski definition) is 3. The molecule has 0 radical (unpaired) electrons. The lowest BCUT2D eigenvalue weighted by atomic mass is 10.2. The van der Waals surface area contributed by atoms with Crippen LogP contribution >= 0.6 is 11.6 Å². The summed E-state index contributed by atoms with van der Waals surface area (Å²) < 4.78 is 5.36. The first-order valence-electron chi connectivity index (χ1n) is 9.05. The highest BCUT2D eigenvalue weighted by Gasteiger charge is 2.11. The zero-order valence-electron chi connectivity index (χ0n) is 15.6. The molecule has 0 aliphatic carbocycles. The number of morpholine rings is 1. The van der Waals surface area contributed by atoms with Crippen molar-refractivity contribution in [1.29, 1.82) is 0 Å². The summed E-state index contributed by atoms with van der Waals surface area (Å²) in [5, 5.41) is 8.99. The van der Waals surface area contributed by atoms with Crippen LogP contribution in [-0.2, 0) is 14.3 Å². The zero-order chi connectivity index (χ0) is 19.9. The number of carbonyl (C=O) groups is 2. The number of anilines is 4. The summed E-state index contributed by atoms with van der Waals surface area (Å²) in [7, 11) is 0. The lowest BCUT2D eigenvalue weighted by Gasteiger charge is -2.28. The van der Waals surface area contributed by atoms with Crippen molar-refractivity contribution in [2.75, 3.05) is 53.7 Å². The van der Waals surface area contributed by atoms with Crippen molar-refractivity contribution in [2.24, 2.45) is 0 Å². The normalized spacial score (nSPS) is 13.7. The number of rotatable bonds is 6. The molecule has 0 unspecified atom stereocenters. The number of benzene rings is 2. The Labute approximate surface area is 169 Å². The summed E-state index contributed by atoms with van der Waals surface area (Å²) in [6, 6.07) is 12.8. The number of hydrogen-bond acceptors (Lipinski definition) is 5. The molecule has 3 rings (SSSR count). The van der Waals surface area contributed by atoms with Crippen molar-refractivity contribution in [2.45, 2.75) is 6.92 Å². The molecular formula is C20H23ClN4O3. The fraction of sp³-hybridized carbons (Fsp3) is 0.300. The van der Waals surface area contributed by atoms with Crippen LogP contribution in [0.2, 0.25) is 5.02 Å². The maximum absolute atomic E-state index is 12.2. The van der Waals surface area contributed by atoms with Crippen molar-refractivity contribution < 1.29 is 14.3 Å². The van der Waals surface area contributed by atoms with Crippen molar-refractivity contribution in [3.8, 4) is 0 Å². The summed E-state index contributed by atoms with van der Waals surface area (Å²) in [4.78, 5) is 25.6. The molecule has 3 N–H and O–H groups in total. The smallest absolute Gasteiger partial charge is 0.243 e. The first-order valence-corrected chi connectivity index (χ1v) is 9.43. The van der Waals surface area contributed by atoms with E-state index < -0.39 is 0 Å². The third-order valence-electron chi connectivity index (χ3n) is 4.25. The van der Waals surface area contributed by atoms with Crippen LogP contribution in [-0.4, -0.2) is 44.7 Å². The molecule has 1 heterocycles. The minimum absolute atomic E-state index is 0.0501.